The Bertz CT molecular complexity index is 1520. The summed E-state index contributed by atoms with van der Waals surface area (Å²) in [6, 6.07) is 15.1. The zero-order chi connectivity index (χ0) is 31.6. The summed E-state index contributed by atoms with van der Waals surface area (Å²) < 4.78 is 11.4. The summed E-state index contributed by atoms with van der Waals surface area (Å²) in [4.78, 5) is 46.8. The van der Waals surface area contributed by atoms with E-state index in [1.165, 1.54) is 0 Å². The van der Waals surface area contributed by atoms with Crippen molar-refractivity contribution in [2.75, 3.05) is 73.0 Å². The highest BCUT2D eigenvalue weighted by Gasteiger charge is 2.39. The van der Waals surface area contributed by atoms with Crippen LogP contribution in [0.1, 0.15) is 37.0 Å². The van der Waals surface area contributed by atoms with Crippen molar-refractivity contribution >= 4 is 35.2 Å². The number of amides is 3. The van der Waals surface area contributed by atoms with Gasteiger partial charge in [-0.3, -0.25) is 4.79 Å². The van der Waals surface area contributed by atoms with Gasteiger partial charge in [0.05, 0.1) is 38.5 Å². The fourth-order valence-corrected chi connectivity index (χ4v) is 6.83. The Labute approximate surface area is 268 Å². The van der Waals surface area contributed by atoms with Crippen LogP contribution in [0.4, 0.5) is 28.1 Å². The second-order valence-corrected chi connectivity index (χ2v) is 12.6. The molecule has 3 aromatic rings. The molecule has 0 aliphatic carbocycles. The molecule has 0 radical (unpaired) electrons. The van der Waals surface area contributed by atoms with Gasteiger partial charge in [-0.2, -0.15) is 15.0 Å². The van der Waals surface area contributed by atoms with Crippen LogP contribution in [0.5, 0.6) is 0 Å². The Hall–Kier alpha value is -4.33. The van der Waals surface area contributed by atoms with Gasteiger partial charge in [0.15, 0.2) is 5.82 Å². The number of hydrogen-bond acceptors (Lipinski definition) is 10. The van der Waals surface area contributed by atoms with Gasteiger partial charge in [-0.25, -0.2) is 4.79 Å². The van der Waals surface area contributed by atoms with Gasteiger partial charge in [-0.1, -0.05) is 0 Å². The third-order valence-corrected chi connectivity index (χ3v) is 9.01. The van der Waals surface area contributed by atoms with Gasteiger partial charge in [0, 0.05) is 60.8 Å². The van der Waals surface area contributed by atoms with Crippen molar-refractivity contribution in [3.63, 3.8) is 0 Å². The van der Waals surface area contributed by atoms with E-state index in [9.17, 15) is 9.59 Å². The van der Waals surface area contributed by atoms with Crippen molar-refractivity contribution in [2.45, 2.75) is 50.9 Å². The number of morpholine rings is 2. The number of ether oxygens (including phenoxy) is 2. The average molecular weight is 628 g/mol. The fourth-order valence-electron chi connectivity index (χ4n) is 6.83. The predicted octanol–water partition coefficient (Wildman–Crippen LogP) is 3.21. The second kappa shape index (κ2) is 13.2. The predicted molar refractivity (Wildman–Crippen MR) is 175 cm³/mol. The largest absolute Gasteiger partial charge is 0.378 e. The molecule has 242 valence electrons. The molecule has 4 atom stereocenters. The van der Waals surface area contributed by atoms with Crippen LogP contribution in [0.15, 0.2) is 48.5 Å². The summed E-state index contributed by atoms with van der Waals surface area (Å²) in [5.41, 5.74) is 2.66. The molecular weight excluding hydrogens is 586 g/mol. The van der Waals surface area contributed by atoms with E-state index in [2.05, 4.69) is 39.6 Å². The van der Waals surface area contributed by atoms with Gasteiger partial charge in [0.2, 0.25) is 11.9 Å². The zero-order valence-corrected chi connectivity index (χ0v) is 26.3. The fraction of sp³-hybridized carbons (Fsp3) is 0.485. The molecule has 1 aromatic heterocycles. The first-order valence-electron chi connectivity index (χ1n) is 16.2. The number of rotatable bonds is 6. The van der Waals surface area contributed by atoms with Crippen molar-refractivity contribution < 1.29 is 19.1 Å². The third kappa shape index (κ3) is 6.62. The van der Waals surface area contributed by atoms with E-state index in [1.54, 1.807) is 24.3 Å². The van der Waals surface area contributed by atoms with Crippen LogP contribution in [-0.2, 0) is 9.47 Å². The van der Waals surface area contributed by atoms with Crippen LogP contribution in [-0.4, -0.2) is 109 Å². The van der Waals surface area contributed by atoms with Crippen molar-refractivity contribution in [1.29, 1.82) is 0 Å². The minimum atomic E-state index is -0.378. The summed E-state index contributed by atoms with van der Waals surface area (Å²) in [5, 5.41) is 9.18. The summed E-state index contributed by atoms with van der Waals surface area (Å²) in [5.74, 6) is 1.93. The molecule has 4 saturated heterocycles. The number of nitrogens with one attached hydrogen (secondary N) is 3. The maximum absolute atomic E-state index is 13.0. The normalized spacial score (nSPS) is 24.5. The van der Waals surface area contributed by atoms with E-state index in [0.717, 1.165) is 31.5 Å². The summed E-state index contributed by atoms with van der Waals surface area (Å²) in [7, 11) is 0. The quantitative estimate of drug-likeness (QED) is 0.374. The number of nitrogens with zero attached hydrogens (tertiary/aromatic N) is 6. The van der Waals surface area contributed by atoms with E-state index < -0.39 is 0 Å². The Morgan fingerprint density at radius 2 is 1.37 bits per heavy atom. The monoisotopic (exact) mass is 627 g/mol. The Balaban J connectivity index is 1.02. The first kappa shape index (κ1) is 30.3. The number of urea groups is 1. The minimum Gasteiger partial charge on any atom is -0.378 e. The number of benzene rings is 2. The maximum Gasteiger partial charge on any atom is 0.323 e. The van der Waals surface area contributed by atoms with Crippen LogP contribution in [0, 0.1) is 0 Å². The lowest BCUT2D eigenvalue weighted by atomic mass is 10.1. The lowest BCUT2D eigenvalue weighted by molar-refractivity contribution is 0.0674. The van der Waals surface area contributed by atoms with Crippen LogP contribution < -0.4 is 25.8 Å². The molecule has 2 aromatic carbocycles. The summed E-state index contributed by atoms with van der Waals surface area (Å²) in [6.07, 6.45) is 2.14. The van der Waals surface area contributed by atoms with Crippen molar-refractivity contribution in [3.05, 3.63) is 54.1 Å². The number of hydrogen-bond donors (Lipinski definition) is 3. The highest BCUT2D eigenvalue weighted by Crippen LogP contribution is 2.34. The smallest absolute Gasteiger partial charge is 0.323 e. The number of carbonyl (C=O) groups excluding carboxylic acids is 2. The molecule has 0 spiro atoms. The van der Waals surface area contributed by atoms with E-state index in [-0.39, 0.29) is 36.1 Å². The lowest BCUT2D eigenvalue weighted by Gasteiger charge is -2.36. The SMILES string of the molecule is CC1CN(C(=O)c2ccc(NC(=O)Nc3ccc(-c4nc(N5CCOCC5)nc(N5C6CCC5COC6)n4)cc3)cc2)CC(C)N1. The molecule has 5 heterocycles. The molecule has 3 amide bonds. The molecule has 7 rings (SSSR count). The molecule has 13 nitrogen and oxygen atoms in total. The van der Waals surface area contributed by atoms with Gasteiger partial charge in [-0.05, 0) is 75.2 Å². The molecule has 46 heavy (non-hydrogen) atoms. The third-order valence-electron chi connectivity index (χ3n) is 9.01. The number of aromatic nitrogens is 3. The van der Waals surface area contributed by atoms with Gasteiger partial charge >= 0.3 is 6.03 Å². The maximum atomic E-state index is 13.0. The van der Waals surface area contributed by atoms with Crippen molar-refractivity contribution in [3.8, 4) is 11.4 Å². The minimum absolute atomic E-state index is 0.00374. The van der Waals surface area contributed by atoms with Gasteiger partial charge in [0.1, 0.15) is 0 Å². The van der Waals surface area contributed by atoms with Crippen molar-refractivity contribution in [2.24, 2.45) is 0 Å². The van der Waals surface area contributed by atoms with E-state index in [1.807, 2.05) is 29.2 Å². The lowest BCUT2D eigenvalue weighted by Crippen LogP contribution is -2.55. The van der Waals surface area contributed by atoms with E-state index >= 15 is 0 Å². The second-order valence-electron chi connectivity index (χ2n) is 12.6. The molecule has 4 unspecified atom stereocenters. The van der Waals surface area contributed by atoms with Gasteiger partial charge < -0.3 is 40.1 Å². The van der Waals surface area contributed by atoms with Crippen LogP contribution in [0.3, 0.4) is 0 Å². The number of piperazine rings is 1. The number of carbonyl (C=O) groups is 2. The number of anilines is 4. The van der Waals surface area contributed by atoms with Crippen LogP contribution in [0.25, 0.3) is 11.4 Å². The molecule has 3 N–H and O–H groups in total. The Kier molecular flexibility index (Phi) is 8.69. The molecule has 4 aliphatic heterocycles. The van der Waals surface area contributed by atoms with Crippen molar-refractivity contribution in [1.82, 2.24) is 25.2 Å². The number of fused-ring (bicyclic) bond motifs is 2. The summed E-state index contributed by atoms with van der Waals surface area (Å²) in [6.45, 7) is 9.60. The van der Waals surface area contributed by atoms with Crippen LogP contribution in [0.2, 0.25) is 0 Å². The Morgan fingerprint density at radius 1 is 0.783 bits per heavy atom. The van der Waals surface area contributed by atoms with E-state index in [4.69, 9.17) is 24.4 Å². The molecule has 0 saturated carbocycles. The average Bonchev–Trinajstić information content (AvgIpc) is 3.32. The molecular formula is C33H41N9O4. The van der Waals surface area contributed by atoms with Gasteiger partial charge in [-0.15, -0.1) is 0 Å². The summed E-state index contributed by atoms with van der Waals surface area (Å²) >= 11 is 0. The zero-order valence-electron chi connectivity index (χ0n) is 26.3. The first-order chi connectivity index (χ1) is 22.4. The molecule has 4 fully saturated rings. The molecule has 13 heteroatoms. The topological polar surface area (TPSA) is 137 Å². The van der Waals surface area contributed by atoms with Gasteiger partial charge in [0.25, 0.3) is 5.91 Å². The van der Waals surface area contributed by atoms with E-state index in [0.29, 0.717) is 74.2 Å². The standard InChI is InChI=1S/C33H41N9O4/c1-21-17-41(18-22(2)34-21)30(43)24-5-9-26(10-6-24)36-33(44)35-25-7-3-23(4-8-25)29-37-31(40-13-15-45-16-14-40)39-32(38-29)42-27-11-12-28(42)20-46-19-27/h3-10,21-22,27-28,34H,11-20H2,1-2H3,(H2,35,36,44). The van der Waals surface area contributed by atoms with Crippen LogP contribution >= 0.6 is 0 Å². The highest BCUT2D eigenvalue weighted by atomic mass is 16.5. The highest BCUT2D eigenvalue weighted by molar-refractivity contribution is 6.00. The Morgan fingerprint density at radius 3 is 2.00 bits per heavy atom. The molecule has 2 bridgehead atoms. The molecule has 4 aliphatic rings. The first-order valence-corrected chi connectivity index (χ1v) is 16.2.